The van der Waals surface area contributed by atoms with E-state index in [1.54, 1.807) is 0 Å². The van der Waals surface area contributed by atoms with Crippen molar-refractivity contribution in [2.45, 2.75) is 46.0 Å². The quantitative estimate of drug-likeness (QED) is 0.743. The normalized spacial score (nSPS) is 13.3. The van der Waals surface area contributed by atoms with Gasteiger partial charge >= 0.3 is 0 Å². The highest BCUT2D eigenvalue weighted by Gasteiger charge is 2.16. The first-order valence-corrected chi connectivity index (χ1v) is 9.64. The van der Waals surface area contributed by atoms with Gasteiger partial charge in [-0.2, -0.15) is 5.10 Å². The van der Waals surface area contributed by atoms with Crippen molar-refractivity contribution in [1.82, 2.24) is 9.78 Å². The van der Waals surface area contributed by atoms with Crippen LogP contribution in [0.2, 0.25) is 0 Å². The Bertz CT molecular complexity index is 973. The zero-order valence-electron chi connectivity index (χ0n) is 16.0. The number of aromatic nitrogens is 2. The molecule has 0 atom stereocenters. The summed E-state index contributed by atoms with van der Waals surface area (Å²) in [7, 11) is 0. The van der Waals surface area contributed by atoms with Crippen molar-refractivity contribution in [3.05, 3.63) is 76.6 Å². The molecule has 0 saturated carbocycles. The molecule has 1 aliphatic carbocycles. The molecule has 4 heteroatoms. The smallest absolute Gasteiger partial charge is 0.228 e. The third-order valence-electron chi connectivity index (χ3n) is 5.33. The highest BCUT2D eigenvalue weighted by atomic mass is 16.1. The van der Waals surface area contributed by atoms with Crippen LogP contribution in [0.3, 0.4) is 0 Å². The molecular formula is C23H25N3O. The fourth-order valence-corrected chi connectivity index (χ4v) is 3.91. The van der Waals surface area contributed by atoms with E-state index in [-0.39, 0.29) is 5.91 Å². The van der Waals surface area contributed by atoms with Gasteiger partial charge in [0.1, 0.15) is 0 Å². The molecule has 0 spiro atoms. The van der Waals surface area contributed by atoms with Gasteiger partial charge in [0.15, 0.2) is 0 Å². The number of hydrogen-bond donors (Lipinski definition) is 1. The molecule has 1 amide bonds. The standard InChI is InChI=1S/C23H25N3O/c1-16-23(17(2)26(25-16)21-10-4-3-5-11-21)24-22(27)15-18-12-13-19-8-6-7-9-20(19)14-18/h3-5,10-14H,6-9,15H2,1-2H3,(H,24,27). The minimum Gasteiger partial charge on any atom is -0.323 e. The van der Waals surface area contributed by atoms with Crippen molar-refractivity contribution < 1.29 is 4.79 Å². The van der Waals surface area contributed by atoms with Crippen LogP contribution in [0.4, 0.5) is 5.69 Å². The Morgan fingerprint density at radius 1 is 1.04 bits per heavy atom. The van der Waals surface area contributed by atoms with Crippen molar-refractivity contribution in [3.8, 4) is 5.69 Å². The Kier molecular flexibility index (Phi) is 4.80. The summed E-state index contributed by atoms with van der Waals surface area (Å²) in [6.45, 7) is 3.92. The molecule has 0 unspecified atom stereocenters. The lowest BCUT2D eigenvalue weighted by Gasteiger charge is -2.16. The van der Waals surface area contributed by atoms with Gasteiger partial charge in [-0.15, -0.1) is 0 Å². The first-order chi connectivity index (χ1) is 13.1. The molecule has 27 heavy (non-hydrogen) atoms. The third-order valence-corrected chi connectivity index (χ3v) is 5.33. The van der Waals surface area contributed by atoms with Gasteiger partial charge in [-0.3, -0.25) is 4.79 Å². The predicted octanol–water partition coefficient (Wildman–Crippen LogP) is 4.55. The van der Waals surface area contributed by atoms with Crippen LogP contribution in [0.5, 0.6) is 0 Å². The summed E-state index contributed by atoms with van der Waals surface area (Å²) in [5, 5.41) is 7.68. The van der Waals surface area contributed by atoms with E-state index in [0.29, 0.717) is 6.42 Å². The summed E-state index contributed by atoms with van der Waals surface area (Å²) in [6.07, 6.45) is 5.21. The molecule has 0 bridgehead atoms. The van der Waals surface area contributed by atoms with E-state index < -0.39 is 0 Å². The molecule has 0 radical (unpaired) electrons. The van der Waals surface area contributed by atoms with Crippen LogP contribution < -0.4 is 5.32 Å². The van der Waals surface area contributed by atoms with Crippen molar-refractivity contribution in [1.29, 1.82) is 0 Å². The zero-order valence-corrected chi connectivity index (χ0v) is 16.0. The average molecular weight is 359 g/mol. The van der Waals surface area contributed by atoms with E-state index in [1.165, 1.54) is 30.4 Å². The van der Waals surface area contributed by atoms with E-state index in [1.807, 2.05) is 48.9 Å². The lowest BCUT2D eigenvalue weighted by atomic mass is 9.90. The Hall–Kier alpha value is -2.88. The van der Waals surface area contributed by atoms with Crippen LogP contribution in [-0.2, 0) is 24.1 Å². The number of carbonyl (C=O) groups is 1. The first-order valence-electron chi connectivity index (χ1n) is 9.64. The number of para-hydroxylation sites is 1. The number of aryl methyl sites for hydroxylation is 3. The van der Waals surface area contributed by atoms with Crippen LogP contribution in [0, 0.1) is 13.8 Å². The van der Waals surface area contributed by atoms with Gasteiger partial charge in [0, 0.05) is 0 Å². The molecule has 4 nitrogen and oxygen atoms in total. The average Bonchev–Trinajstić information content (AvgIpc) is 2.97. The molecule has 138 valence electrons. The second-order valence-corrected chi connectivity index (χ2v) is 7.33. The summed E-state index contributed by atoms with van der Waals surface area (Å²) in [6, 6.07) is 16.5. The van der Waals surface area contributed by atoms with Crippen molar-refractivity contribution in [3.63, 3.8) is 0 Å². The molecule has 4 rings (SSSR count). The molecule has 2 aromatic carbocycles. The van der Waals surface area contributed by atoms with E-state index in [9.17, 15) is 4.79 Å². The molecular weight excluding hydrogens is 334 g/mol. The number of rotatable bonds is 4. The van der Waals surface area contributed by atoms with Gasteiger partial charge in [-0.25, -0.2) is 4.68 Å². The summed E-state index contributed by atoms with van der Waals surface area (Å²) in [4.78, 5) is 12.7. The molecule has 3 aromatic rings. The fraction of sp³-hybridized carbons (Fsp3) is 0.304. The maximum atomic E-state index is 12.7. The Morgan fingerprint density at radius 3 is 2.56 bits per heavy atom. The second-order valence-electron chi connectivity index (χ2n) is 7.33. The highest BCUT2D eigenvalue weighted by molar-refractivity contribution is 5.93. The van der Waals surface area contributed by atoms with Gasteiger partial charge in [-0.1, -0.05) is 36.4 Å². The van der Waals surface area contributed by atoms with Crippen LogP contribution >= 0.6 is 0 Å². The molecule has 0 fully saturated rings. The molecule has 1 N–H and O–H groups in total. The number of nitrogens with zero attached hydrogens (tertiary/aromatic N) is 2. The SMILES string of the molecule is Cc1nn(-c2ccccc2)c(C)c1NC(=O)Cc1ccc2c(c1)CCCC2. The van der Waals surface area contributed by atoms with Crippen LogP contribution in [-0.4, -0.2) is 15.7 Å². The van der Waals surface area contributed by atoms with Gasteiger partial charge in [0.05, 0.1) is 29.2 Å². The fourth-order valence-electron chi connectivity index (χ4n) is 3.91. The maximum Gasteiger partial charge on any atom is 0.228 e. The summed E-state index contributed by atoms with van der Waals surface area (Å²) in [5.74, 6) is 0.00423. The number of amides is 1. The first kappa shape index (κ1) is 17.5. The number of hydrogen-bond acceptors (Lipinski definition) is 2. The van der Waals surface area contributed by atoms with Gasteiger partial charge < -0.3 is 5.32 Å². The predicted molar refractivity (Wildman–Crippen MR) is 108 cm³/mol. The number of fused-ring (bicyclic) bond motifs is 1. The minimum atomic E-state index is 0.00423. The van der Waals surface area contributed by atoms with Crippen LogP contribution in [0.25, 0.3) is 5.69 Å². The van der Waals surface area contributed by atoms with Gasteiger partial charge in [-0.05, 0) is 68.4 Å². The highest BCUT2D eigenvalue weighted by Crippen LogP contribution is 2.24. The second kappa shape index (κ2) is 7.39. The van der Waals surface area contributed by atoms with Gasteiger partial charge in [0.2, 0.25) is 5.91 Å². The lowest BCUT2D eigenvalue weighted by molar-refractivity contribution is -0.115. The Morgan fingerprint density at radius 2 is 1.78 bits per heavy atom. The van der Waals surface area contributed by atoms with Crippen molar-refractivity contribution in [2.75, 3.05) is 5.32 Å². The minimum absolute atomic E-state index is 0.00423. The van der Waals surface area contributed by atoms with E-state index in [2.05, 4.69) is 28.6 Å². The molecule has 1 aromatic heterocycles. The molecule has 0 saturated heterocycles. The zero-order chi connectivity index (χ0) is 18.8. The van der Waals surface area contributed by atoms with Crippen molar-refractivity contribution >= 4 is 11.6 Å². The number of carbonyl (C=O) groups excluding carboxylic acids is 1. The summed E-state index contributed by atoms with van der Waals surface area (Å²) in [5.41, 5.74) is 7.51. The summed E-state index contributed by atoms with van der Waals surface area (Å²) >= 11 is 0. The van der Waals surface area contributed by atoms with Crippen LogP contribution in [0.1, 0.15) is 40.9 Å². The van der Waals surface area contributed by atoms with E-state index in [0.717, 1.165) is 34.7 Å². The molecule has 1 heterocycles. The lowest BCUT2D eigenvalue weighted by Crippen LogP contribution is -2.16. The third kappa shape index (κ3) is 3.65. The Balaban J connectivity index is 1.51. The number of anilines is 1. The summed E-state index contributed by atoms with van der Waals surface area (Å²) < 4.78 is 1.88. The maximum absolute atomic E-state index is 12.7. The number of nitrogens with one attached hydrogen (secondary N) is 1. The monoisotopic (exact) mass is 359 g/mol. The van der Waals surface area contributed by atoms with E-state index in [4.69, 9.17) is 0 Å². The topological polar surface area (TPSA) is 46.9 Å². The number of benzene rings is 2. The van der Waals surface area contributed by atoms with Gasteiger partial charge in [0.25, 0.3) is 0 Å². The largest absolute Gasteiger partial charge is 0.323 e. The van der Waals surface area contributed by atoms with E-state index >= 15 is 0 Å². The molecule has 1 aliphatic rings. The van der Waals surface area contributed by atoms with Crippen LogP contribution in [0.15, 0.2) is 48.5 Å². The Labute approximate surface area is 160 Å². The van der Waals surface area contributed by atoms with Crippen molar-refractivity contribution in [2.24, 2.45) is 0 Å². The molecule has 0 aliphatic heterocycles.